The molecule has 1 aliphatic heterocycles. The lowest BCUT2D eigenvalue weighted by Gasteiger charge is -2.31. The molecule has 0 saturated carbocycles. The average molecular weight is 310 g/mol. The molecule has 0 radical (unpaired) electrons. The van der Waals surface area contributed by atoms with Gasteiger partial charge in [-0.25, -0.2) is 4.79 Å². The van der Waals surface area contributed by atoms with Crippen molar-refractivity contribution in [3.05, 3.63) is 39.4 Å². The number of aromatic carboxylic acids is 1. The van der Waals surface area contributed by atoms with E-state index in [0.29, 0.717) is 16.4 Å². The van der Waals surface area contributed by atoms with Gasteiger partial charge in [0.15, 0.2) is 0 Å². The van der Waals surface area contributed by atoms with E-state index in [4.69, 9.17) is 11.6 Å². The van der Waals surface area contributed by atoms with Gasteiger partial charge in [0.2, 0.25) is 0 Å². The van der Waals surface area contributed by atoms with Crippen molar-refractivity contribution in [2.45, 2.75) is 19.4 Å². The number of hydrogen-bond acceptors (Lipinski definition) is 5. The highest BCUT2D eigenvalue weighted by Crippen LogP contribution is 2.32. The molecule has 104 valence electrons. The Bertz CT molecular complexity index is 659. The fraction of sp³-hybridized carbons (Fsp3) is 0.308. The standard InChI is InChI=1S/C13H12ClN3O2S/c14-12-10(15-16-20-12)7-17-6-2-4-8-9(13(18)19)3-1-5-11(8)17/h1,3,5H,2,4,6-7H2,(H,18,19). The number of benzene rings is 1. The van der Waals surface area contributed by atoms with Crippen LogP contribution in [0.25, 0.3) is 0 Å². The SMILES string of the molecule is O=C(O)c1cccc2c1CCCN2Cc1nnsc1Cl. The number of rotatable bonds is 3. The molecule has 2 aromatic rings. The highest BCUT2D eigenvalue weighted by Gasteiger charge is 2.23. The summed E-state index contributed by atoms with van der Waals surface area (Å²) in [5.41, 5.74) is 2.98. The zero-order valence-corrected chi connectivity index (χ0v) is 12.1. The minimum absolute atomic E-state index is 0.384. The van der Waals surface area contributed by atoms with Crippen molar-refractivity contribution in [2.75, 3.05) is 11.4 Å². The first-order valence-electron chi connectivity index (χ1n) is 6.23. The van der Waals surface area contributed by atoms with E-state index in [1.165, 1.54) is 11.5 Å². The Morgan fingerprint density at radius 3 is 3.05 bits per heavy atom. The maximum atomic E-state index is 11.3. The van der Waals surface area contributed by atoms with Crippen LogP contribution < -0.4 is 4.90 Å². The lowest BCUT2D eigenvalue weighted by atomic mass is 9.96. The summed E-state index contributed by atoms with van der Waals surface area (Å²) in [5, 5.41) is 13.3. The quantitative estimate of drug-likeness (QED) is 0.944. The van der Waals surface area contributed by atoms with Gasteiger partial charge in [-0.3, -0.25) is 0 Å². The van der Waals surface area contributed by atoms with Gasteiger partial charge in [-0.2, -0.15) is 0 Å². The molecule has 7 heteroatoms. The number of aromatic nitrogens is 2. The Balaban J connectivity index is 1.96. The summed E-state index contributed by atoms with van der Waals surface area (Å²) >= 11 is 7.21. The molecule has 20 heavy (non-hydrogen) atoms. The molecular formula is C13H12ClN3O2S. The Hall–Kier alpha value is -1.66. The molecule has 0 saturated heterocycles. The Kier molecular flexibility index (Phi) is 3.58. The number of carbonyl (C=O) groups is 1. The van der Waals surface area contributed by atoms with Crippen molar-refractivity contribution in [1.82, 2.24) is 9.59 Å². The molecule has 3 rings (SSSR count). The summed E-state index contributed by atoms with van der Waals surface area (Å²) < 4.78 is 4.42. The minimum Gasteiger partial charge on any atom is -0.478 e. The largest absolute Gasteiger partial charge is 0.478 e. The van der Waals surface area contributed by atoms with Crippen LogP contribution >= 0.6 is 23.1 Å². The minimum atomic E-state index is -0.878. The van der Waals surface area contributed by atoms with E-state index in [1.54, 1.807) is 12.1 Å². The number of nitrogens with zero attached hydrogens (tertiary/aromatic N) is 3. The molecule has 0 spiro atoms. The molecular weight excluding hydrogens is 298 g/mol. The van der Waals surface area contributed by atoms with Crippen molar-refractivity contribution in [2.24, 2.45) is 0 Å². The first kappa shape index (κ1) is 13.3. The summed E-state index contributed by atoms with van der Waals surface area (Å²) in [6, 6.07) is 5.39. The van der Waals surface area contributed by atoms with Gasteiger partial charge in [0.05, 0.1) is 12.1 Å². The summed E-state index contributed by atoms with van der Waals surface area (Å²) in [4.78, 5) is 13.4. The third-order valence-corrected chi connectivity index (χ3v) is 4.41. The van der Waals surface area contributed by atoms with Gasteiger partial charge in [0.1, 0.15) is 10.0 Å². The van der Waals surface area contributed by atoms with Gasteiger partial charge in [-0.05, 0) is 30.5 Å². The first-order chi connectivity index (χ1) is 9.66. The van der Waals surface area contributed by atoms with E-state index in [-0.39, 0.29) is 0 Å². The van der Waals surface area contributed by atoms with Crippen LogP contribution in [0.1, 0.15) is 28.0 Å². The van der Waals surface area contributed by atoms with Crippen LogP contribution in [-0.2, 0) is 13.0 Å². The van der Waals surface area contributed by atoms with Crippen LogP contribution in [0.3, 0.4) is 0 Å². The van der Waals surface area contributed by atoms with Crippen molar-refractivity contribution in [3.8, 4) is 0 Å². The Morgan fingerprint density at radius 2 is 2.35 bits per heavy atom. The molecule has 1 aromatic carbocycles. The van der Waals surface area contributed by atoms with Crippen LogP contribution in [-0.4, -0.2) is 27.2 Å². The van der Waals surface area contributed by atoms with Crippen LogP contribution in [0, 0.1) is 0 Å². The van der Waals surface area contributed by atoms with Crippen LogP contribution in [0.15, 0.2) is 18.2 Å². The van der Waals surface area contributed by atoms with E-state index < -0.39 is 5.97 Å². The fourth-order valence-corrected chi connectivity index (χ4v) is 3.15. The van der Waals surface area contributed by atoms with E-state index >= 15 is 0 Å². The van der Waals surface area contributed by atoms with Crippen molar-refractivity contribution >= 4 is 34.8 Å². The number of anilines is 1. The van der Waals surface area contributed by atoms with Gasteiger partial charge in [0.25, 0.3) is 0 Å². The van der Waals surface area contributed by atoms with Gasteiger partial charge in [-0.1, -0.05) is 22.2 Å². The maximum Gasteiger partial charge on any atom is 0.336 e. The highest BCUT2D eigenvalue weighted by atomic mass is 35.5. The van der Waals surface area contributed by atoms with E-state index in [2.05, 4.69) is 14.5 Å². The van der Waals surface area contributed by atoms with Gasteiger partial charge in [0, 0.05) is 23.8 Å². The topological polar surface area (TPSA) is 66.3 Å². The molecule has 1 aromatic heterocycles. The monoisotopic (exact) mass is 309 g/mol. The number of carboxylic acid groups (broad SMARTS) is 1. The summed E-state index contributed by atoms with van der Waals surface area (Å²) in [7, 11) is 0. The van der Waals surface area contributed by atoms with E-state index in [0.717, 1.165) is 36.3 Å². The zero-order chi connectivity index (χ0) is 14.1. The molecule has 1 N–H and O–H groups in total. The molecule has 2 heterocycles. The van der Waals surface area contributed by atoms with Crippen molar-refractivity contribution < 1.29 is 9.90 Å². The van der Waals surface area contributed by atoms with Crippen LogP contribution in [0.2, 0.25) is 4.34 Å². The average Bonchev–Trinajstić information content (AvgIpc) is 2.84. The van der Waals surface area contributed by atoms with E-state index in [9.17, 15) is 9.90 Å². The molecule has 0 unspecified atom stereocenters. The summed E-state index contributed by atoms with van der Waals surface area (Å²) in [6.45, 7) is 1.43. The maximum absolute atomic E-state index is 11.3. The molecule has 1 aliphatic rings. The first-order valence-corrected chi connectivity index (χ1v) is 7.39. The second kappa shape index (κ2) is 5.38. The smallest absolute Gasteiger partial charge is 0.336 e. The Labute approximate surface area is 125 Å². The normalized spacial score (nSPS) is 14.2. The third kappa shape index (κ3) is 2.36. The van der Waals surface area contributed by atoms with Crippen molar-refractivity contribution in [1.29, 1.82) is 0 Å². The number of fused-ring (bicyclic) bond motifs is 1. The molecule has 0 amide bonds. The molecule has 0 fully saturated rings. The Morgan fingerprint density at radius 1 is 1.50 bits per heavy atom. The predicted octanol–water partition coefficient (Wildman–Crippen LogP) is 2.84. The summed E-state index contributed by atoms with van der Waals surface area (Å²) in [5.74, 6) is -0.878. The highest BCUT2D eigenvalue weighted by molar-refractivity contribution is 7.10. The second-order valence-corrected chi connectivity index (χ2v) is 5.98. The predicted molar refractivity (Wildman–Crippen MR) is 77.7 cm³/mol. The number of hydrogen-bond donors (Lipinski definition) is 1. The van der Waals surface area contributed by atoms with Crippen LogP contribution in [0.5, 0.6) is 0 Å². The molecule has 0 atom stereocenters. The van der Waals surface area contributed by atoms with Crippen molar-refractivity contribution in [3.63, 3.8) is 0 Å². The number of carboxylic acids is 1. The van der Waals surface area contributed by atoms with E-state index in [1.807, 2.05) is 6.07 Å². The molecule has 0 bridgehead atoms. The lowest BCUT2D eigenvalue weighted by molar-refractivity contribution is 0.0695. The lowest BCUT2D eigenvalue weighted by Crippen LogP contribution is -2.30. The molecule has 0 aliphatic carbocycles. The summed E-state index contributed by atoms with van der Waals surface area (Å²) in [6.07, 6.45) is 1.71. The van der Waals surface area contributed by atoms with Crippen LogP contribution in [0.4, 0.5) is 5.69 Å². The van der Waals surface area contributed by atoms with Gasteiger partial charge < -0.3 is 10.0 Å². The second-order valence-electron chi connectivity index (χ2n) is 4.63. The van der Waals surface area contributed by atoms with Gasteiger partial charge in [-0.15, -0.1) is 5.10 Å². The number of halogens is 1. The zero-order valence-electron chi connectivity index (χ0n) is 10.5. The fourth-order valence-electron chi connectivity index (χ4n) is 2.54. The third-order valence-electron chi connectivity index (χ3n) is 3.43. The molecule has 5 nitrogen and oxygen atoms in total. The van der Waals surface area contributed by atoms with Gasteiger partial charge >= 0.3 is 5.97 Å².